The Balaban J connectivity index is 2.45. The number of carbonyl (C=O) groups excluding carboxylic acids is 2. The third-order valence-electron chi connectivity index (χ3n) is 5.16. The van der Waals surface area contributed by atoms with Gasteiger partial charge in [-0.1, -0.05) is 41.4 Å². The molecular weight excluding hydrogens is 478 g/mol. The number of nitrogens with zero attached hydrogens (tertiary/aromatic N) is 2. The first-order chi connectivity index (χ1) is 15.8. The number of aryl methyl sites for hydroxylation is 1. The van der Waals surface area contributed by atoms with Crippen molar-refractivity contribution in [3.05, 3.63) is 58.6 Å². The van der Waals surface area contributed by atoms with E-state index < -0.39 is 28.5 Å². The van der Waals surface area contributed by atoms with E-state index in [-0.39, 0.29) is 35.0 Å². The Morgan fingerprint density at radius 3 is 2.24 bits per heavy atom. The van der Waals surface area contributed by atoms with Crippen LogP contribution in [0.25, 0.3) is 0 Å². The Morgan fingerprint density at radius 1 is 1.09 bits per heavy atom. The van der Waals surface area contributed by atoms with Gasteiger partial charge in [-0.25, -0.2) is 8.42 Å². The zero-order valence-electron chi connectivity index (χ0n) is 20.3. The summed E-state index contributed by atoms with van der Waals surface area (Å²) in [5.74, 6) is -0.626. The largest absolute Gasteiger partial charge is 0.495 e. The van der Waals surface area contributed by atoms with Crippen molar-refractivity contribution >= 4 is 39.1 Å². The molecule has 34 heavy (non-hydrogen) atoms. The molecule has 0 bridgehead atoms. The molecule has 2 amide bonds. The SMILES string of the molecule is COc1ccc(Cl)cc1N(CC(=O)N(Cc1ccc(C)cc1)[C@@H](C)C(=O)NC(C)C)S(C)(=O)=O. The van der Waals surface area contributed by atoms with Crippen molar-refractivity contribution in [2.45, 2.75) is 46.3 Å². The Morgan fingerprint density at radius 2 is 1.71 bits per heavy atom. The van der Waals surface area contributed by atoms with E-state index in [9.17, 15) is 18.0 Å². The number of amides is 2. The van der Waals surface area contributed by atoms with Crippen molar-refractivity contribution < 1.29 is 22.7 Å². The number of anilines is 1. The van der Waals surface area contributed by atoms with Crippen LogP contribution in [0.15, 0.2) is 42.5 Å². The predicted molar refractivity (Wildman–Crippen MR) is 135 cm³/mol. The second-order valence-corrected chi connectivity index (χ2v) is 10.8. The average Bonchev–Trinajstić information content (AvgIpc) is 2.75. The lowest BCUT2D eigenvalue weighted by Gasteiger charge is -2.32. The van der Waals surface area contributed by atoms with Crippen molar-refractivity contribution in [3.63, 3.8) is 0 Å². The molecule has 0 fully saturated rings. The normalized spacial score (nSPS) is 12.2. The maximum absolute atomic E-state index is 13.5. The van der Waals surface area contributed by atoms with Gasteiger partial charge < -0.3 is 15.0 Å². The first-order valence-corrected chi connectivity index (χ1v) is 13.0. The van der Waals surface area contributed by atoms with Gasteiger partial charge in [0.15, 0.2) is 0 Å². The molecule has 2 rings (SSSR count). The minimum atomic E-state index is -3.89. The Labute approximate surface area is 206 Å². The number of halogens is 1. The number of ether oxygens (including phenoxy) is 1. The highest BCUT2D eigenvalue weighted by atomic mass is 35.5. The summed E-state index contributed by atoms with van der Waals surface area (Å²) in [6, 6.07) is 11.1. The molecule has 0 saturated heterocycles. The second-order valence-electron chi connectivity index (χ2n) is 8.43. The van der Waals surface area contributed by atoms with E-state index in [0.717, 1.165) is 21.7 Å². The molecule has 1 atom stereocenters. The van der Waals surface area contributed by atoms with Crippen LogP contribution in [0.4, 0.5) is 5.69 Å². The third-order valence-corrected chi connectivity index (χ3v) is 6.52. The number of nitrogens with one attached hydrogen (secondary N) is 1. The molecule has 2 aromatic carbocycles. The number of rotatable bonds is 10. The molecule has 0 unspecified atom stereocenters. The van der Waals surface area contributed by atoms with Crippen LogP contribution < -0.4 is 14.4 Å². The lowest BCUT2D eigenvalue weighted by atomic mass is 10.1. The molecular formula is C24H32ClN3O5S. The maximum atomic E-state index is 13.5. The van der Waals surface area contributed by atoms with Gasteiger partial charge in [-0.15, -0.1) is 0 Å². The molecule has 2 aromatic rings. The minimum Gasteiger partial charge on any atom is -0.495 e. The molecule has 0 radical (unpaired) electrons. The fraction of sp³-hybridized carbons (Fsp3) is 0.417. The third kappa shape index (κ3) is 7.36. The van der Waals surface area contributed by atoms with Crippen molar-refractivity contribution in [1.29, 1.82) is 0 Å². The zero-order chi connectivity index (χ0) is 25.6. The molecule has 1 N–H and O–H groups in total. The number of benzene rings is 2. The van der Waals surface area contributed by atoms with Gasteiger partial charge in [-0.2, -0.15) is 0 Å². The average molecular weight is 510 g/mol. The summed E-state index contributed by atoms with van der Waals surface area (Å²) in [4.78, 5) is 27.7. The second kappa shape index (κ2) is 11.6. The van der Waals surface area contributed by atoms with Crippen molar-refractivity contribution in [1.82, 2.24) is 10.2 Å². The van der Waals surface area contributed by atoms with Gasteiger partial charge in [-0.3, -0.25) is 13.9 Å². The molecule has 186 valence electrons. The Kier molecular flexibility index (Phi) is 9.35. The minimum absolute atomic E-state index is 0.116. The highest BCUT2D eigenvalue weighted by Gasteiger charge is 2.31. The maximum Gasteiger partial charge on any atom is 0.244 e. The van der Waals surface area contributed by atoms with Crippen LogP contribution >= 0.6 is 11.6 Å². The van der Waals surface area contributed by atoms with E-state index >= 15 is 0 Å². The van der Waals surface area contributed by atoms with E-state index in [2.05, 4.69) is 5.32 Å². The van der Waals surface area contributed by atoms with Crippen LogP contribution in [0.3, 0.4) is 0 Å². The van der Waals surface area contributed by atoms with Gasteiger partial charge in [0.05, 0.1) is 19.1 Å². The number of methoxy groups -OCH3 is 1. The quantitative estimate of drug-likeness (QED) is 0.529. The molecule has 8 nitrogen and oxygen atoms in total. The summed E-state index contributed by atoms with van der Waals surface area (Å²) in [6.45, 7) is 6.83. The zero-order valence-corrected chi connectivity index (χ0v) is 21.9. The highest BCUT2D eigenvalue weighted by Crippen LogP contribution is 2.33. The van der Waals surface area contributed by atoms with Crippen molar-refractivity contribution in [2.75, 3.05) is 24.2 Å². The topological polar surface area (TPSA) is 96.0 Å². The van der Waals surface area contributed by atoms with Crippen LogP contribution in [0.1, 0.15) is 31.9 Å². The number of hydrogen-bond donors (Lipinski definition) is 1. The van der Waals surface area contributed by atoms with Crippen LogP contribution in [0.2, 0.25) is 5.02 Å². The fourth-order valence-electron chi connectivity index (χ4n) is 3.33. The molecule has 0 heterocycles. The fourth-order valence-corrected chi connectivity index (χ4v) is 4.34. The number of hydrogen-bond acceptors (Lipinski definition) is 5. The molecule has 10 heteroatoms. The first-order valence-electron chi connectivity index (χ1n) is 10.8. The monoisotopic (exact) mass is 509 g/mol. The summed E-state index contributed by atoms with van der Waals surface area (Å²) >= 11 is 6.10. The molecule has 0 aliphatic rings. The smallest absolute Gasteiger partial charge is 0.244 e. The summed E-state index contributed by atoms with van der Waals surface area (Å²) < 4.78 is 31.6. The Bertz CT molecular complexity index is 1120. The van der Waals surface area contributed by atoms with E-state index in [1.165, 1.54) is 24.1 Å². The van der Waals surface area contributed by atoms with Crippen molar-refractivity contribution in [3.8, 4) is 5.75 Å². The summed E-state index contributed by atoms with van der Waals surface area (Å²) in [5.41, 5.74) is 2.01. The lowest BCUT2D eigenvalue weighted by Crippen LogP contribution is -2.52. The standard InChI is InChI=1S/C24H32ClN3O5S/c1-16(2)26-24(30)18(4)27(14-19-9-7-17(3)8-10-19)23(29)15-28(34(6,31)32)21-13-20(25)11-12-22(21)33-5/h7-13,16,18H,14-15H2,1-6H3,(H,26,30)/t18-/m0/s1. The van der Waals surface area contributed by atoms with E-state index in [1.54, 1.807) is 13.0 Å². The van der Waals surface area contributed by atoms with E-state index in [4.69, 9.17) is 16.3 Å². The van der Waals surface area contributed by atoms with E-state index in [0.29, 0.717) is 0 Å². The van der Waals surface area contributed by atoms with Crippen LogP contribution in [0, 0.1) is 6.92 Å². The van der Waals surface area contributed by atoms with Crippen molar-refractivity contribution in [2.24, 2.45) is 0 Å². The Hall–Kier alpha value is -2.78. The molecule has 0 aliphatic heterocycles. The molecule has 0 saturated carbocycles. The van der Waals surface area contributed by atoms with Gasteiger partial charge in [0.1, 0.15) is 18.3 Å². The predicted octanol–water partition coefficient (Wildman–Crippen LogP) is 3.36. The number of carbonyl (C=O) groups is 2. The highest BCUT2D eigenvalue weighted by molar-refractivity contribution is 7.92. The first kappa shape index (κ1) is 27.5. The van der Waals surface area contributed by atoms with Gasteiger partial charge in [0.25, 0.3) is 0 Å². The molecule has 0 aromatic heterocycles. The summed E-state index contributed by atoms with van der Waals surface area (Å²) in [6.07, 6.45) is 1.000. The van der Waals surface area contributed by atoms with Gasteiger partial charge in [0, 0.05) is 17.6 Å². The molecule has 0 aliphatic carbocycles. The van der Waals surface area contributed by atoms with Gasteiger partial charge >= 0.3 is 0 Å². The van der Waals surface area contributed by atoms with Crippen LogP contribution in [0.5, 0.6) is 5.75 Å². The summed E-state index contributed by atoms with van der Waals surface area (Å²) in [5, 5.41) is 3.10. The van der Waals surface area contributed by atoms with Crippen LogP contribution in [-0.4, -0.2) is 57.1 Å². The summed E-state index contributed by atoms with van der Waals surface area (Å²) in [7, 11) is -2.49. The number of sulfonamides is 1. The van der Waals surface area contributed by atoms with Gasteiger partial charge in [0.2, 0.25) is 21.8 Å². The molecule has 0 spiro atoms. The lowest BCUT2D eigenvalue weighted by molar-refractivity contribution is -0.139. The van der Waals surface area contributed by atoms with Gasteiger partial charge in [-0.05, 0) is 51.5 Å². The van der Waals surface area contributed by atoms with E-state index in [1.807, 2.05) is 45.0 Å². The van der Waals surface area contributed by atoms with Crippen LogP contribution in [-0.2, 0) is 26.2 Å².